The van der Waals surface area contributed by atoms with Gasteiger partial charge >= 0.3 is 0 Å². The maximum Gasteiger partial charge on any atom is 0.0386 e. The van der Waals surface area contributed by atoms with Crippen molar-refractivity contribution >= 4 is 9.39 Å². The first-order valence-electron chi connectivity index (χ1n) is 3.56. The molecule has 0 aromatic carbocycles. The van der Waals surface area contributed by atoms with Crippen LogP contribution in [0.15, 0.2) is 35.7 Å². The van der Waals surface area contributed by atoms with Crippen LogP contribution in [0.1, 0.15) is 6.92 Å². The summed E-state index contributed by atoms with van der Waals surface area (Å²) in [4.78, 5) is 0. The van der Waals surface area contributed by atoms with Gasteiger partial charge in [-0.3, -0.25) is 0 Å². The SMILES string of the molecule is CC1C=CC(NP)=CC(N)=C1. The molecule has 0 spiro atoms. The van der Waals surface area contributed by atoms with Gasteiger partial charge in [-0.15, -0.1) is 0 Å². The quantitative estimate of drug-likeness (QED) is 0.579. The second-order valence-electron chi connectivity index (χ2n) is 2.63. The van der Waals surface area contributed by atoms with E-state index >= 15 is 0 Å². The molecule has 0 aromatic rings. The fraction of sp³-hybridized carbons (Fsp3) is 0.250. The zero-order chi connectivity index (χ0) is 8.27. The summed E-state index contributed by atoms with van der Waals surface area (Å²) in [7, 11) is 2.44. The van der Waals surface area contributed by atoms with Gasteiger partial charge in [0.1, 0.15) is 0 Å². The molecule has 11 heavy (non-hydrogen) atoms. The molecule has 0 saturated carbocycles. The van der Waals surface area contributed by atoms with E-state index in [2.05, 4.69) is 27.5 Å². The molecule has 3 heteroatoms. The first kappa shape index (κ1) is 8.35. The van der Waals surface area contributed by atoms with Crippen molar-refractivity contribution in [3.05, 3.63) is 35.7 Å². The van der Waals surface area contributed by atoms with Gasteiger partial charge in [-0.1, -0.05) is 19.1 Å². The van der Waals surface area contributed by atoms with Crippen molar-refractivity contribution in [1.29, 1.82) is 0 Å². The lowest BCUT2D eigenvalue weighted by atomic mass is 10.1. The number of nitrogens with one attached hydrogen (secondary N) is 1. The summed E-state index contributed by atoms with van der Waals surface area (Å²) in [5, 5.41) is 2.97. The molecule has 0 saturated heterocycles. The van der Waals surface area contributed by atoms with E-state index in [0.717, 1.165) is 11.4 Å². The minimum absolute atomic E-state index is 0.419. The number of hydrogen-bond acceptors (Lipinski definition) is 2. The smallest absolute Gasteiger partial charge is 0.0386 e. The second kappa shape index (κ2) is 3.59. The highest BCUT2D eigenvalue weighted by Gasteiger charge is 1.98. The van der Waals surface area contributed by atoms with Crippen LogP contribution in [0.4, 0.5) is 0 Å². The Hall–Kier alpha value is -0.750. The Kier molecular flexibility index (Phi) is 2.72. The van der Waals surface area contributed by atoms with Crippen molar-refractivity contribution in [2.45, 2.75) is 6.92 Å². The molecular weight excluding hydrogens is 155 g/mol. The van der Waals surface area contributed by atoms with Crippen molar-refractivity contribution in [1.82, 2.24) is 5.09 Å². The molecule has 2 unspecified atom stereocenters. The van der Waals surface area contributed by atoms with Gasteiger partial charge in [0.25, 0.3) is 0 Å². The first-order chi connectivity index (χ1) is 5.22. The van der Waals surface area contributed by atoms with Gasteiger partial charge in [0.2, 0.25) is 0 Å². The van der Waals surface area contributed by atoms with Crippen molar-refractivity contribution in [3.8, 4) is 0 Å². The molecular formula is C8H13N2P. The Morgan fingerprint density at radius 1 is 1.64 bits per heavy atom. The summed E-state index contributed by atoms with van der Waals surface area (Å²) in [6, 6.07) is 0. The van der Waals surface area contributed by atoms with E-state index in [1.54, 1.807) is 0 Å². The largest absolute Gasteiger partial charge is 0.399 e. The lowest BCUT2D eigenvalue weighted by Crippen LogP contribution is -1.98. The molecule has 60 valence electrons. The van der Waals surface area contributed by atoms with Crippen LogP contribution in [-0.4, -0.2) is 0 Å². The minimum atomic E-state index is 0.419. The molecule has 3 N–H and O–H groups in total. The van der Waals surface area contributed by atoms with Gasteiger partial charge in [-0.05, 0) is 27.5 Å². The minimum Gasteiger partial charge on any atom is -0.399 e. The van der Waals surface area contributed by atoms with Gasteiger partial charge in [-0.2, -0.15) is 0 Å². The predicted octanol–water partition coefficient (Wildman–Crippen LogP) is 1.30. The molecule has 1 aliphatic rings. The molecule has 1 rings (SSSR count). The lowest BCUT2D eigenvalue weighted by Gasteiger charge is -1.97. The maximum absolute atomic E-state index is 5.69. The van der Waals surface area contributed by atoms with E-state index in [1.807, 2.05) is 18.2 Å². The molecule has 0 aromatic heterocycles. The Morgan fingerprint density at radius 2 is 2.36 bits per heavy atom. The van der Waals surface area contributed by atoms with Crippen molar-refractivity contribution in [2.75, 3.05) is 0 Å². The average molecular weight is 168 g/mol. The summed E-state index contributed by atoms with van der Waals surface area (Å²) in [6.07, 6.45) is 8.05. The van der Waals surface area contributed by atoms with E-state index in [0.29, 0.717) is 5.92 Å². The van der Waals surface area contributed by atoms with E-state index in [1.165, 1.54) is 0 Å². The Bertz CT molecular complexity index is 228. The van der Waals surface area contributed by atoms with Crippen molar-refractivity contribution in [3.63, 3.8) is 0 Å². The summed E-state index contributed by atoms with van der Waals surface area (Å²) in [5.41, 5.74) is 7.52. The van der Waals surface area contributed by atoms with Crippen LogP contribution in [0.2, 0.25) is 0 Å². The third kappa shape index (κ3) is 2.39. The van der Waals surface area contributed by atoms with Crippen LogP contribution >= 0.6 is 9.39 Å². The number of rotatable bonds is 1. The topological polar surface area (TPSA) is 38.0 Å². The third-order valence-electron chi connectivity index (χ3n) is 1.52. The van der Waals surface area contributed by atoms with E-state index in [9.17, 15) is 0 Å². The molecule has 1 aliphatic carbocycles. The summed E-state index contributed by atoms with van der Waals surface area (Å²) >= 11 is 0. The third-order valence-corrected chi connectivity index (χ3v) is 1.86. The molecule has 2 nitrogen and oxygen atoms in total. The summed E-state index contributed by atoms with van der Waals surface area (Å²) < 4.78 is 0. The van der Waals surface area contributed by atoms with Crippen molar-refractivity contribution in [2.24, 2.45) is 11.7 Å². The van der Waals surface area contributed by atoms with Crippen LogP contribution in [0.5, 0.6) is 0 Å². The van der Waals surface area contributed by atoms with Crippen LogP contribution in [0, 0.1) is 5.92 Å². The van der Waals surface area contributed by atoms with Crippen LogP contribution in [0.25, 0.3) is 0 Å². The molecule has 0 amide bonds. The number of nitrogens with two attached hydrogens (primary N) is 1. The standard InChI is InChI=1S/C8H13N2P/c1-6-2-3-8(10-11)5-7(9)4-6/h2-6,10H,9,11H2,1H3. The molecule has 0 bridgehead atoms. The van der Waals surface area contributed by atoms with Gasteiger partial charge in [0.15, 0.2) is 0 Å². The van der Waals surface area contributed by atoms with Crippen LogP contribution in [0.3, 0.4) is 0 Å². The highest BCUT2D eigenvalue weighted by Crippen LogP contribution is 2.10. The summed E-state index contributed by atoms with van der Waals surface area (Å²) in [6.45, 7) is 2.10. The Labute approximate surface area is 69.5 Å². The lowest BCUT2D eigenvalue weighted by molar-refractivity contribution is 0.930. The normalized spacial score (nSPS) is 23.6. The van der Waals surface area contributed by atoms with Crippen molar-refractivity contribution < 1.29 is 0 Å². The number of allylic oxidation sites excluding steroid dienone is 4. The molecule has 0 heterocycles. The Balaban J connectivity index is 2.85. The van der Waals surface area contributed by atoms with Gasteiger partial charge in [0.05, 0.1) is 0 Å². The highest BCUT2D eigenvalue weighted by atomic mass is 31.0. The summed E-state index contributed by atoms with van der Waals surface area (Å²) in [5.74, 6) is 0.419. The van der Waals surface area contributed by atoms with Crippen LogP contribution < -0.4 is 10.8 Å². The van der Waals surface area contributed by atoms with Gasteiger partial charge in [0, 0.05) is 11.4 Å². The fourth-order valence-electron chi connectivity index (χ4n) is 0.980. The molecule has 2 atom stereocenters. The van der Waals surface area contributed by atoms with Crippen LogP contribution in [-0.2, 0) is 0 Å². The second-order valence-corrected chi connectivity index (χ2v) is 2.92. The van der Waals surface area contributed by atoms with E-state index in [-0.39, 0.29) is 0 Å². The predicted molar refractivity (Wildman–Crippen MR) is 51.5 cm³/mol. The van der Waals surface area contributed by atoms with Gasteiger partial charge < -0.3 is 10.8 Å². The molecule has 0 fully saturated rings. The van der Waals surface area contributed by atoms with E-state index < -0.39 is 0 Å². The molecule has 0 radical (unpaired) electrons. The highest BCUT2D eigenvalue weighted by molar-refractivity contribution is 7.14. The molecule has 0 aliphatic heterocycles. The fourth-order valence-corrected chi connectivity index (χ4v) is 1.16. The van der Waals surface area contributed by atoms with Gasteiger partial charge in [-0.25, -0.2) is 0 Å². The maximum atomic E-state index is 5.69. The zero-order valence-electron chi connectivity index (χ0n) is 6.54. The Morgan fingerprint density at radius 3 is 3.00 bits per heavy atom. The number of hydrogen-bond donors (Lipinski definition) is 2. The average Bonchev–Trinajstić information content (AvgIpc) is 2.11. The van der Waals surface area contributed by atoms with E-state index in [4.69, 9.17) is 5.73 Å². The monoisotopic (exact) mass is 168 g/mol. The first-order valence-corrected chi connectivity index (χ1v) is 4.14. The zero-order valence-corrected chi connectivity index (χ0v) is 7.70.